The van der Waals surface area contributed by atoms with Crippen LogP contribution < -0.4 is 4.90 Å². The van der Waals surface area contributed by atoms with Gasteiger partial charge in [0.05, 0.1) is 10.5 Å². The highest BCUT2D eigenvalue weighted by atomic mass is 16.6. The van der Waals surface area contributed by atoms with Crippen LogP contribution >= 0.6 is 0 Å². The van der Waals surface area contributed by atoms with E-state index in [9.17, 15) is 19.7 Å². The van der Waals surface area contributed by atoms with Crippen LogP contribution in [-0.2, 0) is 16.1 Å². The van der Waals surface area contributed by atoms with Crippen LogP contribution in [0.3, 0.4) is 0 Å². The lowest BCUT2D eigenvalue weighted by atomic mass is 10.1. The summed E-state index contributed by atoms with van der Waals surface area (Å²) in [4.78, 5) is 41.6. The van der Waals surface area contributed by atoms with Gasteiger partial charge in [-0.05, 0) is 24.6 Å². The summed E-state index contributed by atoms with van der Waals surface area (Å²) in [5.41, 5.74) is 1.44. The van der Waals surface area contributed by atoms with Crippen molar-refractivity contribution in [2.75, 3.05) is 45.2 Å². The molecule has 0 saturated carbocycles. The van der Waals surface area contributed by atoms with E-state index in [2.05, 4.69) is 17.0 Å². The van der Waals surface area contributed by atoms with Gasteiger partial charge in [0.1, 0.15) is 5.69 Å². The quantitative estimate of drug-likeness (QED) is 0.371. The number of benzene rings is 2. The van der Waals surface area contributed by atoms with E-state index >= 15 is 0 Å². The monoisotopic (exact) mass is 440 g/mol. The van der Waals surface area contributed by atoms with Gasteiger partial charge in [-0.1, -0.05) is 30.3 Å². The first-order chi connectivity index (χ1) is 15.3. The molecule has 1 atom stereocenters. The Labute approximate surface area is 187 Å². The molecule has 1 aliphatic rings. The van der Waals surface area contributed by atoms with Gasteiger partial charge in [-0.3, -0.25) is 19.8 Å². The summed E-state index contributed by atoms with van der Waals surface area (Å²) >= 11 is 0. The van der Waals surface area contributed by atoms with E-state index in [1.807, 2.05) is 18.2 Å². The van der Waals surface area contributed by atoms with E-state index in [1.54, 1.807) is 23.9 Å². The second-order valence-corrected chi connectivity index (χ2v) is 7.99. The van der Waals surface area contributed by atoms with Crippen LogP contribution in [0, 0.1) is 10.1 Å². The van der Waals surface area contributed by atoms with E-state index in [4.69, 9.17) is 4.74 Å². The van der Waals surface area contributed by atoms with Gasteiger partial charge in [0, 0.05) is 52.9 Å². The van der Waals surface area contributed by atoms with Gasteiger partial charge in [-0.25, -0.2) is 4.79 Å². The third kappa shape index (κ3) is 5.61. The Balaban J connectivity index is 1.56. The number of anilines is 1. The number of amides is 1. The number of ether oxygens (including phenoxy) is 1. The molecule has 1 amide bonds. The molecule has 0 spiro atoms. The second-order valence-electron chi connectivity index (χ2n) is 7.99. The molecule has 32 heavy (non-hydrogen) atoms. The summed E-state index contributed by atoms with van der Waals surface area (Å²) in [6, 6.07) is 14.3. The SMILES string of the molecule is CC(OC(=O)c1ccc(N(C)C)c([N+](=O)[O-])c1)C(=O)N1CCN(Cc2ccccc2)CC1. The average Bonchev–Trinajstić information content (AvgIpc) is 2.79. The molecular formula is C23H28N4O5. The minimum absolute atomic E-state index is 0.0367. The molecule has 0 aromatic heterocycles. The van der Waals surface area contributed by atoms with Crippen molar-refractivity contribution >= 4 is 23.3 Å². The fourth-order valence-electron chi connectivity index (χ4n) is 3.68. The van der Waals surface area contributed by atoms with Crippen molar-refractivity contribution in [1.82, 2.24) is 9.80 Å². The van der Waals surface area contributed by atoms with E-state index in [0.717, 1.165) is 19.6 Å². The zero-order valence-corrected chi connectivity index (χ0v) is 18.6. The Morgan fingerprint density at radius 3 is 2.34 bits per heavy atom. The maximum atomic E-state index is 12.8. The van der Waals surface area contributed by atoms with Crippen molar-refractivity contribution in [3.8, 4) is 0 Å². The van der Waals surface area contributed by atoms with Crippen molar-refractivity contribution in [2.45, 2.75) is 19.6 Å². The number of nitro groups is 1. The van der Waals surface area contributed by atoms with E-state index < -0.39 is 17.0 Å². The van der Waals surface area contributed by atoms with E-state index in [-0.39, 0.29) is 17.2 Å². The Bertz CT molecular complexity index is 972. The third-order valence-electron chi connectivity index (χ3n) is 5.45. The first kappa shape index (κ1) is 23.2. The molecule has 0 bridgehead atoms. The Hall–Kier alpha value is -3.46. The Kier molecular flexibility index (Phi) is 7.42. The van der Waals surface area contributed by atoms with Gasteiger partial charge in [-0.2, -0.15) is 0 Å². The predicted octanol–water partition coefficient (Wildman–Crippen LogP) is 2.55. The van der Waals surface area contributed by atoms with Crippen molar-refractivity contribution in [1.29, 1.82) is 0 Å². The van der Waals surface area contributed by atoms with E-state index in [0.29, 0.717) is 18.8 Å². The van der Waals surface area contributed by atoms with Crippen molar-refractivity contribution < 1.29 is 19.2 Å². The smallest absolute Gasteiger partial charge is 0.339 e. The maximum Gasteiger partial charge on any atom is 0.339 e. The Morgan fingerprint density at radius 1 is 1.09 bits per heavy atom. The standard InChI is InChI=1S/C23H28N4O5/c1-17(32-23(29)19-9-10-20(24(2)3)21(15-19)27(30)31)22(28)26-13-11-25(12-14-26)16-18-7-5-4-6-8-18/h4-10,15,17H,11-14,16H2,1-3H3. The van der Waals surface area contributed by atoms with Crippen LogP contribution in [0.1, 0.15) is 22.8 Å². The van der Waals surface area contributed by atoms with Crippen LogP contribution in [0.15, 0.2) is 48.5 Å². The molecule has 1 saturated heterocycles. The highest BCUT2D eigenvalue weighted by Crippen LogP contribution is 2.28. The van der Waals surface area contributed by atoms with Crippen LogP contribution in [0.2, 0.25) is 0 Å². The molecule has 1 unspecified atom stereocenters. The molecular weight excluding hydrogens is 412 g/mol. The van der Waals surface area contributed by atoms with Crippen molar-refractivity contribution in [2.24, 2.45) is 0 Å². The minimum atomic E-state index is -0.976. The van der Waals surface area contributed by atoms with Gasteiger partial charge in [0.2, 0.25) is 0 Å². The van der Waals surface area contributed by atoms with Gasteiger partial charge in [0.25, 0.3) is 11.6 Å². The Morgan fingerprint density at radius 2 is 1.75 bits per heavy atom. The number of esters is 1. The molecule has 1 aliphatic heterocycles. The van der Waals surface area contributed by atoms with Gasteiger partial charge in [-0.15, -0.1) is 0 Å². The molecule has 1 fully saturated rings. The van der Waals surface area contributed by atoms with Crippen LogP contribution in [0.4, 0.5) is 11.4 Å². The lowest BCUT2D eigenvalue weighted by molar-refractivity contribution is -0.384. The fraction of sp³-hybridized carbons (Fsp3) is 0.391. The summed E-state index contributed by atoms with van der Waals surface area (Å²) in [5.74, 6) is -1.03. The number of carbonyl (C=O) groups excluding carboxylic acids is 2. The van der Waals surface area contributed by atoms with Gasteiger partial charge in [0.15, 0.2) is 6.10 Å². The maximum absolute atomic E-state index is 12.8. The summed E-state index contributed by atoms with van der Waals surface area (Å²) in [6.45, 7) is 4.93. The summed E-state index contributed by atoms with van der Waals surface area (Å²) in [7, 11) is 3.36. The first-order valence-electron chi connectivity index (χ1n) is 10.5. The topological polar surface area (TPSA) is 96.2 Å². The second kappa shape index (κ2) is 10.2. The minimum Gasteiger partial charge on any atom is -0.449 e. The number of rotatable bonds is 7. The molecule has 0 aliphatic carbocycles. The normalized spacial score (nSPS) is 15.2. The zero-order chi connectivity index (χ0) is 23.3. The number of hydrogen-bond acceptors (Lipinski definition) is 7. The molecule has 2 aromatic carbocycles. The molecule has 0 N–H and O–H groups in total. The third-order valence-corrected chi connectivity index (χ3v) is 5.45. The largest absolute Gasteiger partial charge is 0.449 e. The highest BCUT2D eigenvalue weighted by Gasteiger charge is 2.28. The highest BCUT2D eigenvalue weighted by molar-refractivity contribution is 5.93. The molecule has 9 nitrogen and oxygen atoms in total. The molecule has 1 heterocycles. The molecule has 170 valence electrons. The summed E-state index contributed by atoms with van der Waals surface area (Å²) in [5, 5.41) is 11.3. The number of carbonyl (C=O) groups is 2. The van der Waals surface area contributed by atoms with Crippen molar-refractivity contribution in [3.05, 3.63) is 69.8 Å². The summed E-state index contributed by atoms with van der Waals surface area (Å²) in [6.07, 6.45) is -0.976. The number of nitrogens with zero attached hydrogens (tertiary/aromatic N) is 4. The molecule has 0 radical (unpaired) electrons. The predicted molar refractivity (Wildman–Crippen MR) is 121 cm³/mol. The van der Waals surface area contributed by atoms with Gasteiger partial charge < -0.3 is 14.5 Å². The van der Waals surface area contributed by atoms with Crippen LogP contribution in [-0.4, -0.2) is 73.0 Å². The van der Waals surface area contributed by atoms with E-state index in [1.165, 1.54) is 30.7 Å². The summed E-state index contributed by atoms with van der Waals surface area (Å²) < 4.78 is 5.33. The molecule has 3 rings (SSSR count). The van der Waals surface area contributed by atoms with Crippen LogP contribution in [0.25, 0.3) is 0 Å². The zero-order valence-electron chi connectivity index (χ0n) is 18.6. The van der Waals surface area contributed by atoms with Gasteiger partial charge >= 0.3 is 5.97 Å². The number of hydrogen-bond donors (Lipinski definition) is 0. The molecule has 2 aromatic rings. The number of piperazine rings is 1. The lowest BCUT2D eigenvalue weighted by Gasteiger charge is -2.35. The lowest BCUT2D eigenvalue weighted by Crippen LogP contribution is -2.51. The molecule has 9 heteroatoms. The fourth-order valence-corrected chi connectivity index (χ4v) is 3.68. The van der Waals surface area contributed by atoms with Crippen LogP contribution in [0.5, 0.6) is 0 Å². The first-order valence-corrected chi connectivity index (χ1v) is 10.5. The van der Waals surface area contributed by atoms with Crippen molar-refractivity contribution in [3.63, 3.8) is 0 Å². The average molecular weight is 441 g/mol. The number of nitro benzene ring substituents is 1.